The predicted octanol–water partition coefficient (Wildman–Crippen LogP) is 3.61. The number of fused-ring (bicyclic) bond motifs is 1. The lowest BCUT2D eigenvalue weighted by atomic mass is 9.97. The van der Waals surface area contributed by atoms with Crippen LogP contribution in [0.5, 0.6) is 0 Å². The fraction of sp³-hybridized carbons (Fsp3) is 0.389. The smallest absolute Gasteiger partial charge is 0.322 e. The minimum Gasteiger partial charge on any atom is -0.388 e. The van der Waals surface area contributed by atoms with E-state index in [0.717, 1.165) is 29.3 Å². The van der Waals surface area contributed by atoms with Gasteiger partial charge >= 0.3 is 6.03 Å². The minimum atomic E-state index is -0.882. The Morgan fingerprint density at radius 1 is 1.23 bits per heavy atom. The van der Waals surface area contributed by atoms with Crippen LogP contribution in [0, 0.1) is 0 Å². The lowest BCUT2D eigenvalue weighted by Crippen LogP contribution is -2.49. The number of rotatable bonds is 2. The Morgan fingerprint density at radius 3 is 2.73 bits per heavy atom. The lowest BCUT2D eigenvalue weighted by molar-refractivity contribution is 0.0117. The van der Waals surface area contributed by atoms with Gasteiger partial charge in [0.15, 0.2) is 0 Å². The van der Waals surface area contributed by atoms with Gasteiger partial charge in [0.05, 0.1) is 17.3 Å². The van der Waals surface area contributed by atoms with E-state index in [9.17, 15) is 9.90 Å². The van der Waals surface area contributed by atoms with Crippen LogP contribution >= 0.6 is 0 Å². The van der Waals surface area contributed by atoms with Gasteiger partial charge < -0.3 is 15.3 Å². The molecule has 2 amide bonds. The molecule has 0 radical (unpaired) electrons. The normalized spacial score (nSPS) is 18.7. The van der Waals surface area contributed by atoms with Crippen LogP contribution in [0.3, 0.4) is 0 Å². The number of anilines is 1. The molecule has 0 spiro atoms. The molecule has 4 heteroatoms. The number of nitrogens with zero attached hydrogens (tertiary/aromatic N) is 1. The predicted molar refractivity (Wildman–Crippen MR) is 89.0 cm³/mol. The van der Waals surface area contributed by atoms with Gasteiger partial charge in [0.25, 0.3) is 0 Å². The zero-order chi connectivity index (χ0) is 15.7. The molecule has 116 valence electrons. The number of nitrogens with one attached hydrogen (secondary N) is 1. The average Bonchev–Trinajstić information content (AvgIpc) is 2.97. The Bertz CT molecular complexity index is 686. The van der Waals surface area contributed by atoms with E-state index in [1.165, 1.54) is 0 Å². The fourth-order valence-corrected chi connectivity index (χ4v) is 3.27. The molecule has 3 rings (SSSR count). The number of aliphatic hydroxyl groups is 1. The Morgan fingerprint density at radius 2 is 1.95 bits per heavy atom. The second-order valence-corrected chi connectivity index (χ2v) is 6.46. The second-order valence-electron chi connectivity index (χ2n) is 6.46. The highest BCUT2D eigenvalue weighted by Crippen LogP contribution is 2.29. The fourth-order valence-electron chi connectivity index (χ4n) is 3.27. The van der Waals surface area contributed by atoms with Gasteiger partial charge in [0.2, 0.25) is 0 Å². The van der Waals surface area contributed by atoms with E-state index >= 15 is 0 Å². The first-order valence-corrected chi connectivity index (χ1v) is 7.74. The van der Waals surface area contributed by atoms with Gasteiger partial charge in [0, 0.05) is 11.9 Å². The van der Waals surface area contributed by atoms with Crippen molar-refractivity contribution in [3.63, 3.8) is 0 Å². The molecule has 1 saturated heterocycles. The maximum Gasteiger partial charge on any atom is 0.322 e. The van der Waals surface area contributed by atoms with E-state index in [1.54, 1.807) is 18.7 Å². The van der Waals surface area contributed by atoms with Gasteiger partial charge in [-0.05, 0) is 38.1 Å². The Balaban J connectivity index is 1.84. The molecule has 2 aromatic carbocycles. The van der Waals surface area contributed by atoms with Crippen molar-refractivity contribution in [2.75, 3.05) is 11.9 Å². The summed E-state index contributed by atoms with van der Waals surface area (Å²) in [6.07, 6.45) is 1.77. The SMILES string of the molecule is CC(C)(O)C1CCCN1C(=O)Nc1cccc2ccccc12. The van der Waals surface area contributed by atoms with Crippen molar-refractivity contribution in [2.24, 2.45) is 0 Å². The van der Waals surface area contributed by atoms with Crippen LogP contribution in [0.25, 0.3) is 10.8 Å². The molecule has 1 aliphatic rings. The van der Waals surface area contributed by atoms with Crippen LogP contribution in [0.4, 0.5) is 10.5 Å². The third kappa shape index (κ3) is 2.79. The third-order valence-electron chi connectivity index (χ3n) is 4.36. The molecule has 22 heavy (non-hydrogen) atoms. The molecule has 2 aromatic rings. The second kappa shape index (κ2) is 5.61. The van der Waals surface area contributed by atoms with Crippen LogP contribution in [0.2, 0.25) is 0 Å². The first kappa shape index (κ1) is 14.9. The third-order valence-corrected chi connectivity index (χ3v) is 4.36. The van der Waals surface area contributed by atoms with E-state index in [1.807, 2.05) is 42.5 Å². The summed E-state index contributed by atoms with van der Waals surface area (Å²) < 4.78 is 0. The van der Waals surface area contributed by atoms with E-state index < -0.39 is 5.60 Å². The number of carbonyl (C=O) groups is 1. The maximum atomic E-state index is 12.6. The number of carbonyl (C=O) groups excluding carboxylic acids is 1. The summed E-state index contributed by atoms with van der Waals surface area (Å²) in [4.78, 5) is 14.4. The number of amides is 2. The number of benzene rings is 2. The van der Waals surface area contributed by atoms with Crippen molar-refractivity contribution in [3.05, 3.63) is 42.5 Å². The molecular weight excluding hydrogens is 276 g/mol. The maximum absolute atomic E-state index is 12.6. The molecule has 0 saturated carbocycles. The highest BCUT2D eigenvalue weighted by atomic mass is 16.3. The van der Waals surface area contributed by atoms with Gasteiger partial charge in [-0.1, -0.05) is 36.4 Å². The van der Waals surface area contributed by atoms with Crippen molar-refractivity contribution < 1.29 is 9.90 Å². The Hall–Kier alpha value is -2.07. The molecule has 1 fully saturated rings. The molecule has 4 nitrogen and oxygen atoms in total. The van der Waals surface area contributed by atoms with Crippen molar-refractivity contribution in [1.82, 2.24) is 4.90 Å². The van der Waals surface area contributed by atoms with Crippen LogP contribution in [0.15, 0.2) is 42.5 Å². The van der Waals surface area contributed by atoms with Gasteiger partial charge in [-0.2, -0.15) is 0 Å². The van der Waals surface area contributed by atoms with Crippen LogP contribution in [-0.4, -0.2) is 34.2 Å². The van der Waals surface area contributed by atoms with Gasteiger partial charge in [-0.3, -0.25) is 0 Å². The van der Waals surface area contributed by atoms with Crippen LogP contribution < -0.4 is 5.32 Å². The highest BCUT2D eigenvalue weighted by molar-refractivity contribution is 6.01. The summed E-state index contributed by atoms with van der Waals surface area (Å²) >= 11 is 0. The molecule has 1 aliphatic heterocycles. The summed E-state index contributed by atoms with van der Waals surface area (Å²) in [7, 11) is 0. The first-order valence-electron chi connectivity index (χ1n) is 7.74. The van der Waals surface area contributed by atoms with Crippen LogP contribution in [0.1, 0.15) is 26.7 Å². The van der Waals surface area contributed by atoms with E-state index in [0.29, 0.717) is 6.54 Å². The molecular formula is C18H22N2O2. The molecule has 1 atom stereocenters. The quantitative estimate of drug-likeness (QED) is 0.890. The average molecular weight is 298 g/mol. The van der Waals surface area contributed by atoms with Gasteiger partial charge in [-0.15, -0.1) is 0 Å². The van der Waals surface area contributed by atoms with Crippen molar-refractivity contribution in [2.45, 2.75) is 38.3 Å². The van der Waals surface area contributed by atoms with E-state index in [4.69, 9.17) is 0 Å². The zero-order valence-corrected chi connectivity index (χ0v) is 13.0. The van der Waals surface area contributed by atoms with Gasteiger partial charge in [-0.25, -0.2) is 4.79 Å². The standard InChI is InChI=1S/C18H22N2O2/c1-18(2,22)16-11-6-12-20(16)17(21)19-15-10-5-8-13-7-3-4-9-14(13)15/h3-5,7-10,16,22H,6,11-12H2,1-2H3,(H,19,21). The zero-order valence-electron chi connectivity index (χ0n) is 13.0. The molecule has 1 unspecified atom stereocenters. The lowest BCUT2D eigenvalue weighted by Gasteiger charge is -2.33. The Kier molecular flexibility index (Phi) is 3.79. The molecule has 2 N–H and O–H groups in total. The monoisotopic (exact) mass is 298 g/mol. The molecule has 0 bridgehead atoms. The highest BCUT2D eigenvalue weighted by Gasteiger charge is 2.38. The number of urea groups is 1. The number of hydrogen-bond donors (Lipinski definition) is 2. The summed E-state index contributed by atoms with van der Waals surface area (Å²) in [6, 6.07) is 13.6. The minimum absolute atomic E-state index is 0.137. The summed E-state index contributed by atoms with van der Waals surface area (Å²) in [5.41, 5.74) is -0.0726. The van der Waals surface area contributed by atoms with Crippen molar-refractivity contribution >= 4 is 22.5 Å². The summed E-state index contributed by atoms with van der Waals surface area (Å²) in [5.74, 6) is 0. The van der Waals surface area contributed by atoms with Crippen LogP contribution in [-0.2, 0) is 0 Å². The number of likely N-dealkylation sites (tertiary alicyclic amines) is 1. The van der Waals surface area contributed by atoms with Crippen molar-refractivity contribution in [3.8, 4) is 0 Å². The van der Waals surface area contributed by atoms with E-state index in [2.05, 4.69) is 5.32 Å². The Labute approximate surface area is 130 Å². The topological polar surface area (TPSA) is 52.6 Å². The molecule has 1 heterocycles. The largest absolute Gasteiger partial charge is 0.388 e. The summed E-state index contributed by atoms with van der Waals surface area (Å²) in [5, 5.41) is 15.4. The van der Waals surface area contributed by atoms with Gasteiger partial charge in [0.1, 0.15) is 0 Å². The first-order chi connectivity index (χ1) is 10.5. The summed E-state index contributed by atoms with van der Waals surface area (Å²) in [6.45, 7) is 4.22. The molecule has 0 aliphatic carbocycles. The number of hydrogen-bond acceptors (Lipinski definition) is 2. The molecule has 0 aromatic heterocycles. The van der Waals surface area contributed by atoms with Crippen molar-refractivity contribution in [1.29, 1.82) is 0 Å². The van der Waals surface area contributed by atoms with E-state index in [-0.39, 0.29) is 12.1 Å².